The van der Waals surface area contributed by atoms with Crippen molar-refractivity contribution in [2.24, 2.45) is 0 Å². The molecule has 1 N–H and O–H groups in total. The van der Waals surface area contributed by atoms with Crippen LogP contribution in [0, 0.1) is 18.2 Å². The number of hydrogen-bond acceptors (Lipinski definition) is 1. The lowest BCUT2D eigenvalue weighted by Crippen LogP contribution is -2.11. The van der Waals surface area contributed by atoms with Crippen molar-refractivity contribution in [2.75, 3.05) is 5.32 Å². The van der Waals surface area contributed by atoms with E-state index in [1.54, 1.807) is 6.07 Å². The second-order valence-electron chi connectivity index (χ2n) is 2.55. The first-order valence-electron chi connectivity index (χ1n) is 3.82. The largest absolute Gasteiger partial charge is 0.323 e. The molecule has 0 spiro atoms. The summed E-state index contributed by atoms with van der Waals surface area (Å²) in [6, 6.07) is 4.37. The molecule has 0 heterocycles. The summed E-state index contributed by atoms with van der Waals surface area (Å²) < 4.78 is 13.8. The molecule has 4 heteroatoms. The van der Waals surface area contributed by atoms with Gasteiger partial charge in [0.05, 0.1) is 12.1 Å². The highest BCUT2D eigenvalue weighted by Crippen LogP contribution is 2.19. The van der Waals surface area contributed by atoms with Gasteiger partial charge in [0.25, 0.3) is 0 Å². The highest BCUT2D eigenvalue weighted by molar-refractivity contribution is 9.10. The maximum atomic E-state index is 13.2. The number of halogens is 2. The number of carbonyl (C=O) groups excluding carboxylic acids is 1. The van der Waals surface area contributed by atoms with Crippen LogP contribution in [0.2, 0.25) is 0 Å². The lowest BCUT2D eigenvalue weighted by Gasteiger charge is -2.04. The SMILES string of the molecule is C#CCC(=O)Nc1ccc(Br)cc1F. The van der Waals surface area contributed by atoms with E-state index in [4.69, 9.17) is 6.42 Å². The molecular weight excluding hydrogens is 249 g/mol. The van der Waals surface area contributed by atoms with Gasteiger partial charge >= 0.3 is 0 Å². The molecule has 0 fully saturated rings. The van der Waals surface area contributed by atoms with E-state index in [9.17, 15) is 9.18 Å². The number of amides is 1. The summed E-state index contributed by atoms with van der Waals surface area (Å²) in [5.74, 6) is 1.28. The van der Waals surface area contributed by atoms with Crippen LogP contribution in [0.3, 0.4) is 0 Å². The van der Waals surface area contributed by atoms with Crippen LogP contribution in [0.1, 0.15) is 6.42 Å². The van der Waals surface area contributed by atoms with E-state index < -0.39 is 11.7 Å². The molecule has 0 aliphatic heterocycles. The standard InChI is InChI=1S/C10H7BrFNO/c1-2-3-10(14)13-9-5-4-7(11)6-8(9)12/h1,4-6H,3H2,(H,13,14). The number of anilines is 1. The van der Waals surface area contributed by atoms with E-state index in [1.807, 2.05) is 0 Å². The molecule has 0 bridgehead atoms. The van der Waals surface area contributed by atoms with Gasteiger partial charge in [-0.2, -0.15) is 0 Å². The van der Waals surface area contributed by atoms with Gasteiger partial charge in [0.1, 0.15) is 5.82 Å². The van der Waals surface area contributed by atoms with Crippen LogP contribution in [0.5, 0.6) is 0 Å². The van der Waals surface area contributed by atoms with E-state index in [1.165, 1.54) is 12.1 Å². The predicted octanol–water partition coefficient (Wildman–Crippen LogP) is 2.55. The molecule has 1 rings (SSSR count). The fraction of sp³-hybridized carbons (Fsp3) is 0.100. The van der Waals surface area contributed by atoms with Gasteiger partial charge in [-0.3, -0.25) is 4.79 Å². The Morgan fingerprint density at radius 3 is 2.93 bits per heavy atom. The Morgan fingerprint density at radius 2 is 2.36 bits per heavy atom. The second kappa shape index (κ2) is 4.77. The van der Waals surface area contributed by atoms with Crippen molar-refractivity contribution < 1.29 is 9.18 Å². The predicted molar refractivity (Wildman–Crippen MR) is 56.2 cm³/mol. The van der Waals surface area contributed by atoms with Gasteiger partial charge < -0.3 is 5.32 Å². The molecule has 0 aliphatic carbocycles. The van der Waals surface area contributed by atoms with Crippen molar-refractivity contribution in [2.45, 2.75) is 6.42 Å². The molecule has 1 aromatic rings. The van der Waals surface area contributed by atoms with Gasteiger partial charge in [-0.05, 0) is 18.2 Å². The van der Waals surface area contributed by atoms with E-state index in [0.29, 0.717) is 4.47 Å². The third-order valence-corrected chi connectivity index (χ3v) is 1.96. The maximum absolute atomic E-state index is 13.2. The lowest BCUT2D eigenvalue weighted by atomic mass is 10.3. The fourth-order valence-electron chi connectivity index (χ4n) is 0.878. The third-order valence-electron chi connectivity index (χ3n) is 1.47. The monoisotopic (exact) mass is 255 g/mol. The number of rotatable bonds is 2. The Kier molecular flexibility index (Phi) is 3.66. The number of benzene rings is 1. The number of terminal acetylenes is 1. The van der Waals surface area contributed by atoms with E-state index >= 15 is 0 Å². The molecule has 72 valence electrons. The van der Waals surface area contributed by atoms with Crippen LogP contribution < -0.4 is 5.32 Å². The van der Waals surface area contributed by atoms with Crippen LogP contribution in [0.4, 0.5) is 10.1 Å². The van der Waals surface area contributed by atoms with Gasteiger partial charge in [0.15, 0.2) is 0 Å². The minimum absolute atomic E-state index is 0.0600. The van der Waals surface area contributed by atoms with E-state index in [0.717, 1.165) is 0 Å². The topological polar surface area (TPSA) is 29.1 Å². The first kappa shape index (κ1) is 10.7. The summed E-state index contributed by atoms with van der Waals surface area (Å²) in [4.78, 5) is 11.0. The van der Waals surface area contributed by atoms with E-state index in [2.05, 4.69) is 27.2 Å². The molecule has 0 radical (unpaired) electrons. The normalized spacial score (nSPS) is 9.21. The van der Waals surface area contributed by atoms with Crippen LogP contribution in [-0.2, 0) is 4.79 Å². The Morgan fingerprint density at radius 1 is 1.64 bits per heavy atom. The average Bonchev–Trinajstić information content (AvgIpc) is 2.10. The summed E-state index contributed by atoms with van der Waals surface area (Å²) in [5, 5.41) is 2.36. The molecule has 2 nitrogen and oxygen atoms in total. The molecule has 1 amide bonds. The van der Waals surface area contributed by atoms with Crippen molar-refractivity contribution in [3.05, 3.63) is 28.5 Å². The number of carbonyl (C=O) groups is 1. The molecule has 0 aromatic heterocycles. The third kappa shape index (κ3) is 2.86. The zero-order valence-corrected chi connectivity index (χ0v) is 8.77. The Hall–Kier alpha value is -1.34. The van der Waals surface area contributed by atoms with Crippen molar-refractivity contribution in [3.63, 3.8) is 0 Å². The van der Waals surface area contributed by atoms with Crippen LogP contribution >= 0.6 is 15.9 Å². The molecule has 14 heavy (non-hydrogen) atoms. The van der Waals surface area contributed by atoms with Gasteiger partial charge in [0.2, 0.25) is 5.91 Å². The molecule has 0 aliphatic rings. The van der Waals surface area contributed by atoms with Gasteiger partial charge in [-0.15, -0.1) is 6.42 Å². The van der Waals surface area contributed by atoms with Gasteiger partial charge in [0, 0.05) is 4.47 Å². The second-order valence-corrected chi connectivity index (χ2v) is 3.47. The van der Waals surface area contributed by atoms with E-state index in [-0.39, 0.29) is 12.1 Å². The highest BCUT2D eigenvalue weighted by atomic mass is 79.9. The summed E-state index contributed by atoms with van der Waals surface area (Å²) >= 11 is 3.11. The van der Waals surface area contributed by atoms with Crippen LogP contribution in [0.25, 0.3) is 0 Å². The molecule has 0 saturated heterocycles. The Bertz CT molecular complexity index is 398. The first-order valence-corrected chi connectivity index (χ1v) is 4.61. The maximum Gasteiger partial charge on any atom is 0.236 e. The quantitative estimate of drug-likeness (QED) is 0.809. The smallest absolute Gasteiger partial charge is 0.236 e. The zero-order chi connectivity index (χ0) is 10.6. The van der Waals surface area contributed by atoms with Crippen LogP contribution in [0.15, 0.2) is 22.7 Å². The first-order chi connectivity index (χ1) is 6.63. The minimum Gasteiger partial charge on any atom is -0.323 e. The average molecular weight is 256 g/mol. The van der Waals surface area contributed by atoms with Gasteiger partial charge in [-0.25, -0.2) is 4.39 Å². The van der Waals surface area contributed by atoms with Crippen LogP contribution in [-0.4, -0.2) is 5.91 Å². The Balaban J connectivity index is 2.78. The minimum atomic E-state index is -0.496. The highest BCUT2D eigenvalue weighted by Gasteiger charge is 2.05. The zero-order valence-electron chi connectivity index (χ0n) is 7.18. The molecule has 0 saturated carbocycles. The number of nitrogens with one attached hydrogen (secondary N) is 1. The van der Waals surface area contributed by atoms with Crippen molar-refractivity contribution in [1.82, 2.24) is 0 Å². The van der Waals surface area contributed by atoms with Crippen molar-refractivity contribution in [1.29, 1.82) is 0 Å². The van der Waals surface area contributed by atoms with Gasteiger partial charge in [-0.1, -0.05) is 21.9 Å². The Labute approximate surface area is 89.6 Å². The molecule has 0 unspecified atom stereocenters. The van der Waals surface area contributed by atoms with Crippen molar-refractivity contribution >= 4 is 27.5 Å². The van der Waals surface area contributed by atoms with Crippen molar-refractivity contribution in [3.8, 4) is 12.3 Å². The molecular formula is C10H7BrFNO. The summed E-state index contributed by atoms with van der Waals surface area (Å²) in [6.45, 7) is 0. The lowest BCUT2D eigenvalue weighted by molar-refractivity contribution is -0.115. The summed E-state index contributed by atoms with van der Waals surface area (Å²) in [5.41, 5.74) is 0.133. The molecule has 1 aromatic carbocycles. The number of hydrogen-bond donors (Lipinski definition) is 1. The summed E-state index contributed by atoms with van der Waals surface area (Å²) in [7, 11) is 0. The molecule has 0 atom stereocenters. The fourth-order valence-corrected chi connectivity index (χ4v) is 1.21. The summed E-state index contributed by atoms with van der Waals surface area (Å²) in [6.07, 6.45) is 4.87.